The zero-order valence-corrected chi connectivity index (χ0v) is 17.5. The van der Waals surface area contributed by atoms with Crippen molar-refractivity contribution in [2.45, 2.75) is 57.1 Å². The summed E-state index contributed by atoms with van der Waals surface area (Å²) in [6, 6.07) is 4.05. The number of nitrogens with one attached hydrogen (secondary N) is 1. The molecule has 3 aromatic rings. The first-order valence-corrected chi connectivity index (χ1v) is 10.8. The van der Waals surface area contributed by atoms with Crippen LogP contribution >= 0.6 is 11.6 Å². The monoisotopic (exact) mass is 443 g/mol. The lowest BCUT2D eigenvalue weighted by Crippen LogP contribution is -2.19. The number of fused-ring (bicyclic) bond motifs is 1. The largest absolute Gasteiger partial charge is 0.511 e. The molecule has 2 saturated carbocycles. The number of benzene rings is 1. The van der Waals surface area contributed by atoms with Crippen molar-refractivity contribution in [1.29, 1.82) is 0 Å². The van der Waals surface area contributed by atoms with E-state index in [2.05, 4.69) is 25.1 Å². The van der Waals surface area contributed by atoms with Gasteiger partial charge in [0.15, 0.2) is 5.75 Å². The number of hydrogen-bond acceptors (Lipinski definition) is 7. The van der Waals surface area contributed by atoms with Crippen molar-refractivity contribution in [3.05, 3.63) is 29.5 Å². The summed E-state index contributed by atoms with van der Waals surface area (Å²) in [5.74, 6) is 1.69. The van der Waals surface area contributed by atoms with Crippen molar-refractivity contribution in [2.24, 2.45) is 0 Å². The summed E-state index contributed by atoms with van der Waals surface area (Å²) in [6.45, 7) is 0. The average Bonchev–Trinajstić information content (AvgIpc) is 3.44. The minimum Gasteiger partial charge on any atom is -0.489 e. The summed E-state index contributed by atoms with van der Waals surface area (Å²) in [7, 11) is 0. The summed E-state index contributed by atoms with van der Waals surface area (Å²) < 4.78 is 12.2. The third kappa shape index (κ3) is 4.51. The second-order valence-electron chi connectivity index (χ2n) is 7.96. The number of halogens is 1. The minimum absolute atomic E-state index is 0.0853. The van der Waals surface area contributed by atoms with Crippen LogP contribution in [0.4, 0.5) is 10.6 Å². The van der Waals surface area contributed by atoms with Gasteiger partial charge in [-0.3, -0.25) is 0 Å². The number of nitrogens with zero attached hydrogens (tertiary/aromatic N) is 4. The van der Waals surface area contributed by atoms with Gasteiger partial charge in [-0.1, -0.05) is 18.0 Å². The number of ether oxygens (including phenoxy) is 2. The molecule has 2 aliphatic carbocycles. The predicted molar refractivity (Wildman–Crippen MR) is 114 cm³/mol. The van der Waals surface area contributed by atoms with Crippen LogP contribution in [0.25, 0.3) is 16.9 Å². The van der Waals surface area contributed by atoms with Crippen molar-refractivity contribution >= 4 is 34.5 Å². The molecule has 0 spiro atoms. The van der Waals surface area contributed by atoms with Gasteiger partial charge in [-0.2, -0.15) is 10.1 Å². The van der Waals surface area contributed by atoms with Gasteiger partial charge < -0.3 is 19.9 Å². The second-order valence-corrected chi connectivity index (χ2v) is 8.36. The molecular formula is C21H22ClN5O4. The Hall–Kier alpha value is -3.07. The van der Waals surface area contributed by atoms with Crippen LogP contribution < -0.4 is 14.8 Å². The lowest BCUT2D eigenvalue weighted by molar-refractivity contribution is 0.144. The lowest BCUT2D eigenvalue weighted by atomic mass is 9.98. The normalized spacial score (nSPS) is 16.9. The first-order valence-electron chi connectivity index (χ1n) is 10.5. The van der Waals surface area contributed by atoms with Crippen LogP contribution in [0, 0.1) is 0 Å². The van der Waals surface area contributed by atoms with Crippen molar-refractivity contribution in [2.75, 3.05) is 5.32 Å². The Morgan fingerprint density at radius 1 is 1.16 bits per heavy atom. The molecule has 0 aliphatic heterocycles. The first-order chi connectivity index (χ1) is 15.0. The molecule has 5 rings (SSSR count). The van der Waals surface area contributed by atoms with E-state index in [0.29, 0.717) is 28.1 Å². The van der Waals surface area contributed by atoms with Gasteiger partial charge in [-0.15, -0.1) is 0 Å². The molecule has 162 valence electrons. The summed E-state index contributed by atoms with van der Waals surface area (Å²) in [5, 5.41) is 17.7. The highest BCUT2D eigenvalue weighted by molar-refractivity contribution is 6.32. The van der Waals surface area contributed by atoms with Gasteiger partial charge in [0.25, 0.3) is 5.95 Å². The van der Waals surface area contributed by atoms with Crippen molar-refractivity contribution < 1.29 is 19.4 Å². The molecule has 0 saturated heterocycles. The highest BCUT2D eigenvalue weighted by Crippen LogP contribution is 2.36. The van der Waals surface area contributed by atoms with E-state index >= 15 is 0 Å². The highest BCUT2D eigenvalue weighted by atomic mass is 35.5. The van der Waals surface area contributed by atoms with Crippen LogP contribution in [0.15, 0.2) is 24.5 Å². The Morgan fingerprint density at radius 3 is 2.71 bits per heavy atom. The Kier molecular flexibility index (Phi) is 5.27. The number of carboxylic acid groups (broad SMARTS) is 1. The molecule has 1 aromatic carbocycles. The molecule has 31 heavy (non-hydrogen) atoms. The van der Waals surface area contributed by atoms with Crippen LogP contribution in [-0.2, 0) is 0 Å². The van der Waals surface area contributed by atoms with E-state index in [1.165, 1.54) is 36.3 Å². The topological polar surface area (TPSA) is 111 Å². The zero-order valence-electron chi connectivity index (χ0n) is 16.8. The van der Waals surface area contributed by atoms with Crippen LogP contribution in [0.1, 0.15) is 44.9 Å². The molecule has 10 heteroatoms. The number of carbonyl (C=O) groups is 1. The van der Waals surface area contributed by atoms with Gasteiger partial charge in [0, 0.05) is 11.4 Å². The van der Waals surface area contributed by atoms with Gasteiger partial charge >= 0.3 is 6.16 Å². The minimum atomic E-state index is -1.41. The fraction of sp³-hybridized carbons (Fsp3) is 0.429. The highest BCUT2D eigenvalue weighted by Gasteiger charge is 2.24. The summed E-state index contributed by atoms with van der Waals surface area (Å²) >= 11 is 6.54. The summed E-state index contributed by atoms with van der Waals surface area (Å²) in [6.07, 6.45) is 9.33. The first kappa shape index (κ1) is 19.9. The number of anilines is 1. The van der Waals surface area contributed by atoms with Gasteiger partial charge in [-0.25, -0.2) is 14.5 Å². The Bertz CT molecular complexity index is 1120. The molecule has 2 heterocycles. The van der Waals surface area contributed by atoms with Gasteiger partial charge in [-0.05, 0) is 50.7 Å². The molecule has 0 bridgehead atoms. The Morgan fingerprint density at radius 2 is 1.97 bits per heavy atom. The third-order valence-corrected chi connectivity index (χ3v) is 5.77. The van der Waals surface area contributed by atoms with Crippen molar-refractivity contribution in [3.63, 3.8) is 0 Å². The average molecular weight is 444 g/mol. The van der Waals surface area contributed by atoms with Crippen LogP contribution in [0.2, 0.25) is 5.02 Å². The molecule has 0 unspecified atom stereocenters. The smallest absolute Gasteiger partial charge is 0.489 e. The van der Waals surface area contributed by atoms with E-state index in [4.69, 9.17) is 21.4 Å². The number of hydrogen-bond donors (Lipinski definition) is 2. The maximum absolute atomic E-state index is 10.8. The molecular weight excluding hydrogens is 422 g/mol. The van der Waals surface area contributed by atoms with Gasteiger partial charge in [0.1, 0.15) is 11.6 Å². The quantitative estimate of drug-likeness (QED) is 0.522. The van der Waals surface area contributed by atoms with Crippen LogP contribution in [0.5, 0.6) is 11.5 Å². The molecule has 9 nitrogen and oxygen atoms in total. The molecule has 0 radical (unpaired) electrons. The van der Waals surface area contributed by atoms with Crippen molar-refractivity contribution in [3.8, 4) is 17.4 Å². The van der Waals surface area contributed by atoms with E-state index in [-0.39, 0.29) is 17.8 Å². The molecule has 2 aliphatic rings. The predicted octanol–water partition coefficient (Wildman–Crippen LogP) is 4.81. The second kappa shape index (κ2) is 8.22. The summed E-state index contributed by atoms with van der Waals surface area (Å²) in [4.78, 5) is 20.0. The Labute approximate surface area is 183 Å². The summed E-state index contributed by atoms with van der Waals surface area (Å²) in [5.41, 5.74) is 0.644. The molecule has 0 amide bonds. The molecule has 0 atom stereocenters. The third-order valence-electron chi connectivity index (χ3n) is 5.47. The van der Waals surface area contributed by atoms with Crippen molar-refractivity contribution in [1.82, 2.24) is 19.7 Å². The molecule has 2 fully saturated rings. The van der Waals surface area contributed by atoms with E-state index in [9.17, 15) is 4.79 Å². The number of aromatic nitrogens is 4. The maximum atomic E-state index is 10.8. The molecule has 2 aromatic heterocycles. The van der Waals surface area contributed by atoms with E-state index in [1.807, 2.05) is 6.07 Å². The van der Waals surface area contributed by atoms with Gasteiger partial charge in [0.2, 0.25) is 0 Å². The number of rotatable bonds is 6. The fourth-order valence-corrected chi connectivity index (χ4v) is 3.98. The van der Waals surface area contributed by atoms with Gasteiger partial charge in [0.05, 0.1) is 29.0 Å². The van der Waals surface area contributed by atoms with E-state index in [0.717, 1.165) is 31.1 Å². The molecule has 2 N–H and O–H groups in total. The van der Waals surface area contributed by atoms with Crippen LogP contribution in [0.3, 0.4) is 0 Å². The van der Waals surface area contributed by atoms with E-state index in [1.54, 1.807) is 6.07 Å². The fourth-order valence-electron chi connectivity index (χ4n) is 3.77. The Balaban J connectivity index is 1.52. The SMILES string of the molecule is O=C(O)Oc1cnn(-c2nc(NC3CC3)c3cc(OC4CCCCC4)c(Cl)cc3n2)c1. The maximum Gasteiger partial charge on any atom is 0.511 e. The van der Waals surface area contributed by atoms with E-state index < -0.39 is 6.16 Å². The zero-order chi connectivity index (χ0) is 21.4. The lowest BCUT2D eigenvalue weighted by Gasteiger charge is -2.24. The van der Waals surface area contributed by atoms with Crippen LogP contribution in [-0.4, -0.2) is 43.2 Å². The standard InChI is InChI=1S/C21H22ClN5O4/c22-16-9-17-15(8-18(16)30-13-4-2-1-3-5-13)19(24-12-6-7-12)26-20(25-17)27-11-14(10-23-27)31-21(28)29/h8-13H,1-7H2,(H,28,29)(H,24,25,26).